The summed E-state index contributed by atoms with van der Waals surface area (Å²) in [5.74, 6) is -1.86. The first-order chi connectivity index (χ1) is 19.6. The number of aliphatic hydroxyl groups is 1. The molecule has 0 fully saturated rings. The number of methoxy groups -OCH3 is 2. The van der Waals surface area contributed by atoms with E-state index in [4.69, 9.17) is 18.9 Å². The molecule has 2 N–H and O–H groups in total. The Hall–Kier alpha value is -4.35. The van der Waals surface area contributed by atoms with Crippen molar-refractivity contribution in [2.45, 2.75) is 19.9 Å². The molecule has 0 saturated carbocycles. The number of hydrogen-bond donors (Lipinski definition) is 2. The number of halogens is 1. The number of aryl methyl sites for hydroxylation is 2. The fourth-order valence-corrected chi connectivity index (χ4v) is 6.79. The predicted molar refractivity (Wildman–Crippen MR) is 158 cm³/mol. The molecule has 0 aliphatic carbocycles. The number of aromatic nitrogens is 1. The van der Waals surface area contributed by atoms with Gasteiger partial charge in [0.05, 0.1) is 40.5 Å². The van der Waals surface area contributed by atoms with Crippen LogP contribution in [0.1, 0.15) is 33.3 Å². The summed E-state index contributed by atoms with van der Waals surface area (Å²) in [4.78, 5) is 33.8. The number of benzene rings is 3. The topological polar surface area (TPSA) is 122 Å². The average Bonchev–Trinajstić information content (AvgIpc) is 3.64. The van der Waals surface area contributed by atoms with Crippen LogP contribution in [-0.4, -0.2) is 41.1 Å². The smallest absolute Gasteiger partial charge is 0.296 e. The molecule has 1 amide bonds. The van der Waals surface area contributed by atoms with Crippen molar-refractivity contribution >= 4 is 65.3 Å². The third kappa shape index (κ3) is 4.23. The van der Waals surface area contributed by atoms with Gasteiger partial charge in [-0.25, -0.2) is 4.98 Å². The number of phenols is 1. The maximum absolute atomic E-state index is 14.1. The fraction of sp³-hybridized carbons (Fsp3) is 0.167. The minimum absolute atomic E-state index is 0.0775. The van der Waals surface area contributed by atoms with Crippen LogP contribution >= 0.6 is 27.3 Å². The lowest BCUT2D eigenvalue weighted by molar-refractivity contribution is -0.117. The van der Waals surface area contributed by atoms with E-state index in [1.807, 2.05) is 26.0 Å². The number of fused-ring (bicyclic) bond motifs is 2. The van der Waals surface area contributed by atoms with E-state index in [1.54, 1.807) is 30.3 Å². The molecule has 3 heterocycles. The van der Waals surface area contributed by atoms with E-state index in [0.717, 1.165) is 21.3 Å². The van der Waals surface area contributed by atoms with Crippen LogP contribution in [0, 0.1) is 13.8 Å². The van der Waals surface area contributed by atoms with Gasteiger partial charge in [0.25, 0.3) is 5.91 Å². The van der Waals surface area contributed by atoms with Crippen molar-refractivity contribution in [2.24, 2.45) is 0 Å². The van der Waals surface area contributed by atoms with Crippen molar-refractivity contribution in [2.75, 3.05) is 19.1 Å². The molecule has 11 heteroatoms. The molecule has 5 aromatic rings. The molecular weight excluding hydrogens is 612 g/mol. The van der Waals surface area contributed by atoms with E-state index in [9.17, 15) is 19.8 Å². The highest BCUT2D eigenvalue weighted by Gasteiger charge is 2.47. The zero-order valence-electron chi connectivity index (χ0n) is 22.3. The first-order valence-electron chi connectivity index (χ1n) is 12.4. The Morgan fingerprint density at radius 3 is 2.56 bits per heavy atom. The Labute approximate surface area is 246 Å². The van der Waals surface area contributed by atoms with Crippen molar-refractivity contribution in [3.05, 3.63) is 86.8 Å². The van der Waals surface area contributed by atoms with Gasteiger partial charge in [-0.05, 0) is 76.8 Å². The summed E-state index contributed by atoms with van der Waals surface area (Å²) in [6.07, 6.45) is 0. The van der Waals surface area contributed by atoms with E-state index >= 15 is 0 Å². The van der Waals surface area contributed by atoms with Crippen LogP contribution in [0.5, 0.6) is 17.2 Å². The Morgan fingerprint density at radius 2 is 1.83 bits per heavy atom. The number of ketones is 1. The molecule has 208 valence electrons. The number of carbonyl (C=O) groups is 2. The molecule has 3 aromatic carbocycles. The molecule has 1 aliphatic heterocycles. The Morgan fingerprint density at radius 1 is 1.07 bits per heavy atom. The maximum Gasteiger partial charge on any atom is 0.296 e. The third-order valence-corrected chi connectivity index (χ3v) is 8.62. The summed E-state index contributed by atoms with van der Waals surface area (Å²) in [5.41, 5.74) is 3.26. The number of amides is 1. The number of aromatic hydroxyl groups is 1. The monoisotopic (exact) mass is 634 g/mol. The Bertz CT molecular complexity index is 1940. The highest BCUT2D eigenvalue weighted by atomic mass is 79.9. The predicted octanol–water partition coefficient (Wildman–Crippen LogP) is 6.93. The van der Waals surface area contributed by atoms with Gasteiger partial charge >= 0.3 is 0 Å². The first-order valence-corrected chi connectivity index (χ1v) is 14.1. The number of carbonyl (C=O) groups excluding carboxylic acids is 2. The average molecular weight is 635 g/mol. The molecule has 2 aromatic heterocycles. The number of ether oxygens (including phenoxy) is 2. The molecule has 1 aliphatic rings. The summed E-state index contributed by atoms with van der Waals surface area (Å²) in [7, 11) is 2.89. The fourth-order valence-electron chi connectivity index (χ4n) is 5.16. The Balaban J connectivity index is 1.56. The number of nitrogens with zero attached hydrogens (tertiary/aromatic N) is 2. The standard InChI is InChI=1S/C30H23BrN2O7S/c1-13-8-14(2)23-21(9-13)41-30(32-23)33-24(16-10-17(31)25(34)19(12-16)39-4)22(27(36)29(33)37)26(35)20-11-15-6-5-7-18(38-3)28(15)40-20/h5-12,24,34,36H,1-4H3. The van der Waals surface area contributed by atoms with E-state index in [1.165, 1.54) is 36.5 Å². The van der Waals surface area contributed by atoms with Crippen molar-refractivity contribution in [1.82, 2.24) is 4.98 Å². The molecule has 0 radical (unpaired) electrons. The lowest BCUT2D eigenvalue weighted by Crippen LogP contribution is -2.31. The van der Waals surface area contributed by atoms with Crippen LogP contribution in [0.2, 0.25) is 0 Å². The second-order valence-electron chi connectivity index (χ2n) is 9.64. The van der Waals surface area contributed by atoms with Gasteiger partial charge in [-0.2, -0.15) is 0 Å². The van der Waals surface area contributed by atoms with Gasteiger partial charge in [0.15, 0.2) is 39.5 Å². The summed E-state index contributed by atoms with van der Waals surface area (Å²) in [6, 6.07) is 12.7. The van der Waals surface area contributed by atoms with Gasteiger partial charge in [0.1, 0.15) is 0 Å². The van der Waals surface area contributed by atoms with Crippen molar-refractivity contribution in [3.63, 3.8) is 0 Å². The molecule has 0 spiro atoms. The number of thiazole rings is 1. The molecule has 9 nitrogen and oxygen atoms in total. The van der Waals surface area contributed by atoms with Gasteiger partial charge in [-0.15, -0.1) is 0 Å². The number of para-hydroxylation sites is 1. The van der Waals surface area contributed by atoms with Crippen molar-refractivity contribution in [3.8, 4) is 17.2 Å². The number of anilines is 1. The quantitative estimate of drug-likeness (QED) is 0.193. The van der Waals surface area contributed by atoms with Gasteiger partial charge in [-0.3, -0.25) is 14.5 Å². The van der Waals surface area contributed by atoms with Crippen LogP contribution in [-0.2, 0) is 4.79 Å². The highest BCUT2D eigenvalue weighted by molar-refractivity contribution is 9.10. The summed E-state index contributed by atoms with van der Waals surface area (Å²) < 4.78 is 17.8. The molecule has 6 rings (SSSR count). The number of aliphatic hydroxyl groups excluding tert-OH is 1. The van der Waals surface area contributed by atoms with E-state index in [2.05, 4.69) is 15.9 Å². The second-order valence-corrected chi connectivity index (χ2v) is 11.5. The number of hydrogen-bond acceptors (Lipinski definition) is 9. The van der Waals surface area contributed by atoms with Crippen LogP contribution in [0.4, 0.5) is 5.13 Å². The largest absolute Gasteiger partial charge is 0.503 e. The highest BCUT2D eigenvalue weighted by Crippen LogP contribution is 2.48. The lowest BCUT2D eigenvalue weighted by Gasteiger charge is -2.25. The number of furan rings is 1. The van der Waals surface area contributed by atoms with Gasteiger partial charge < -0.3 is 24.1 Å². The van der Waals surface area contributed by atoms with Gasteiger partial charge in [0.2, 0.25) is 5.78 Å². The summed E-state index contributed by atoms with van der Waals surface area (Å²) >= 11 is 4.61. The van der Waals surface area contributed by atoms with Crippen LogP contribution < -0.4 is 14.4 Å². The van der Waals surface area contributed by atoms with Gasteiger partial charge in [0, 0.05) is 5.39 Å². The minimum atomic E-state index is -1.11. The van der Waals surface area contributed by atoms with Crippen LogP contribution in [0.15, 0.2) is 68.8 Å². The molecule has 1 unspecified atom stereocenters. The molecule has 0 bridgehead atoms. The molecule has 0 saturated heterocycles. The zero-order valence-corrected chi connectivity index (χ0v) is 24.7. The maximum atomic E-state index is 14.1. The third-order valence-electron chi connectivity index (χ3n) is 7.02. The molecule has 41 heavy (non-hydrogen) atoms. The summed E-state index contributed by atoms with van der Waals surface area (Å²) in [5, 5.41) is 22.6. The normalized spacial score (nSPS) is 15.4. The van der Waals surface area contributed by atoms with Crippen molar-refractivity contribution < 1.29 is 33.7 Å². The van der Waals surface area contributed by atoms with Crippen molar-refractivity contribution in [1.29, 1.82) is 0 Å². The number of phenolic OH excluding ortho intramolecular Hbond substituents is 1. The lowest BCUT2D eigenvalue weighted by atomic mass is 9.95. The minimum Gasteiger partial charge on any atom is -0.503 e. The van der Waals surface area contributed by atoms with Crippen LogP contribution in [0.25, 0.3) is 21.2 Å². The Kier molecular flexibility index (Phi) is 6.50. The zero-order chi connectivity index (χ0) is 29.2. The molecule has 1 atom stereocenters. The number of rotatable bonds is 6. The van der Waals surface area contributed by atoms with Gasteiger partial charge in [-0.1, -0.05) is 29.5 Å². The SMILES string of the molecule is COc1cc(C2C(C(=O)c3cc4cccc(OC)c4o3)=C(O)C(=O)N2c2nc3c(C)cc(C)cc3s2)cc(Br)c1O. The first kappa shape index (κ1) is 26.9. The summed E-state index contributed by atoms with van der Waals surface area (Å²) in [6.45, 7) is 3.91. The van der Waals surface area contributed by atoms with E-state index < -0.39 is 23.5 Å². The number of Topliss-reactive ketones (excluding diaryl/α,β-unsaturated/α-hetero) is 1. The van der Waals surface area contributed by atoms with E-state index in [-0.39, 0.29) is 27.3 Å². The van der Waals surface area contributed by atoms with E-state index in [0.29, 0.717) is 27.4 Å². The second kappa shape index (κ2) is 9.93. The molecular formula is C30H23BrN2O7S. The van der Waals surface area contributed by atoms with Crippen LogP contribution in [0.3, 0.4) is 0 Å².